The molecule has 9 nitrogen and oxygen atoms in total. The molecular formula is C27H43N3O6S. The summed E-state index contributed by atoms with van der Waals surface area (Å²) in [6.07, 6.45) is 3.97. The highest BCUT2D eigenvalue weighted by Gasteiger charge is 2.35. The highest BCUT2D eigenvalue weighted by atomic mass is 32.1. The maximum atomic E-state index is 13.8. The number of nitrogens with zero attached hydrogens (tertiary/aromatic N) is 1. The average molecular weight is 538 g/mol. The van der Waals surface area contributed by atoms with Gasteiger partial charge in [0.25, 0.3) is 0 Å². The molecule has 1 aromatic carbocycles. The second-order valence-corrected chi connectivity index (χ2v) is 10.3. The van der Waals surface area contributed by atoms with Gasteiger partial charge in [-0.2, -0.15) is 12.6 Å². The second kappa shape index (κ2) is 16.2. The molecule has 37 heavy (non-hydrogen) atoms. The quantitative estimate of drug-likeness (QED) is 0.188. The SMILES string of the molecule is CCCCCCCN(C(=O)C(CS)NC(=O)OC(C)(C)C)C(C(=O)NCC(=O)OC)c1ccc(C)cc1. The van der Waals surface area contributed by atoms with Gasteiger partial charge in [-0.25, -0.2) is 4.79 Å². The lowest BCUT2D eigenvalue weighted by atomic mass is 10.0. The number of thiol groups is 1. The van der Waals surface area contributed by atoms with E-state index in [-0.39, 0.29) is 18.8 Å². The van der Waals surface area contributed by atoms with Crippen LogP contribution < -0.4 is 10.6 Å². The number of rotatable bonds is 14. The van der Waals surface area contributed by atoms with Gasteiger partial charge < -0.3 is 25.0 Å². The van der Waals surface area contributed by atoms with E-state index in [0.717, 1.165) is 31.2 Å². The van der Waals surface area contributed by atoms with Crippen molar-refractivity contribution in [3.05, 3.63) is 35.4 Å². The fraction of sp³-hybridized carbons (Fsp3) is 0.630. The summed E-state index contributed by atoms with van der Waals surface area (Å²) in [5.41, 5.74) is 0.839. The Morgan fingerprint density at radius 1 is 1.03 bits per heavy atom. The molecule has 0 bridgehead atoms. The number of methoxy groups -OCH3 is 1. The Morgan fingerprint density at radius 2 is 1.65 bits per heavy atom. The summed E-state index contributed by atoms with van der Waals surface area (Å²) in [6, 6.07) is 5.24. The first kappa shape index (κ1) is 32.3. The minimum atomic E-state index is -1.02. The van der Waals surface area contributed by atoms with Crippen LogP contribution in [0.4, 0.5) is 4.79 Å². The van der Waals surface area contributed by atoms with Crippen molar-refractivity contribution in [2.24, 2.45) is 0 Å². The van der Waals surface area contributed by atoms with E-state index in [1.54, 1.807) is 32.9 Å². The van der Waals surface area contributed by atoms with E-state index in [4.69, 9.17) is 4.74 Å². The van der Waals surface area contributed by atoms with Crippen molar-refractivity contribution in [1.82, 2.24) is 15.5 Å². The van der Waals surface area contributed by atoms with Crippen molar-refractivity contribution in [2.75, 3.05) is 26.0 Å². The Balaban J connectivity index is 3.34. The number of ether oxygens (including phenoxy) is 2. The van der Waals surface area contributed by atoms with Gasteiger partial charge in [0.05, 0.1) is 7.11 Å². The number of alkyl carbamates (subject to hydrolysis) is 1. The Bertz CT molecular complexity index is 885. The van der Waals surface area contributed by atoms with Crippen LogP contribution >= 0.6 is 12.6 Å². The third-order valence-electron chi connectivity index (χ3n) is 5.55. The van der Waals surface area contributed by atoms with E-state index in [9.17, 15) is 19.2 Å². The summed E-state index contributed by atoms with van der Waals surface area (Å²) in [6.45, 7) is 9.18. The lowest BCUT2D eigenvalue weighted by Gasteiger charge is -2.34. The monoisotopic (exact) mass is 537 g/mol. The molecule has 0 aliphatic heterocycles. The first-order valence-electron chi connectivity index (χ1n) is 12.7. The van der Waals surface area contributed by atoms with Crippen molar-refractivity contribution in [3.63, 3.8) is 0 Å². The topological polar surface area (TPSA) is 114 Å². The summed E-state index contributed by atoms with van der Waals surface area (Å²) < 4.78 is 9.97. The van der Waals surface area contributed by atoms with E-state index in [1.807, 2.05) is 19.1 Å². The van der Waals surface area contributed by atoms with Crippen LogP contribution in [0.3, 0.4) is 0 Å². The van der Waals surface area contributed by atoms with Crippen LogP contribution in [-0.2, 0) is 23.9 Å². The summed E-state index contributed by atoms with van der Waals surface area (Å²) in [5.74, 6) is -1.58. The number of nitrogens with one attached hydrogen (secondary N) is 2. The number of aryl methyl sites for hydroxylation is 1. The van der Waals surface area contributed by atoms with Gasteiger partial charge in [-0.15, -0.1) is 0 Å². The zero-order valence-corrected chi connectivity index (χ0v) is 23.9. The third kappa shape index (κ3) is 11.9. The first-order valence-corrected chi connectivity index (χ1v) is 13.4. The van der Waals surface area contributed by atoms with Crippen LogP contribution in [0.2, 0.25) is 0 Å². The highest BCUT2D eigenvalue weighted by Crippen LogP contribution is 2.24. The molecule has 0 fully saturated rings. The number of carbonyl (C=O) groups is 4. The zero-order chi connectivity index (χ0) is 28.0. The molecule has 10 heteroatoms. The summed E-state index contributed by atoms with van der Waals surface area (Å²) in [4.78, 5) is 52.8. The molecule has 0 aromatic heterocycles. The molecule has 0 heterocycles. The molecule has 2 N–H and O–H groups in total. The number of hydrogen-bond donors (Lipinski definition) is 3. The van der Waals surface area contributed by atoms with Crippen molar-refractivity contribution in [3.8, 4) is 0 Å². The molecule has 2 atom stereocenters. The number of hydrogen-bond acceptors (Lipinski definition) is 7. The van der Waals surface area contributed by atoms with Gasteiger partial charge in [-0.05, 0) is 39.7 Å². The van der Waals surface area contributed by atoms with Crippen LogP contribution in [0.1, 0.15) is 77.0 Å². The number of esters is 1. The molecule has 0 saturated heterocycles. The maximum absolute atomic E-state index is 13.8. The summed E-state index contributed by atoms with van der Waals surface area (Å²) in [5, 5.41) is 5.18. The average Bonchev–Trinajstić information content (AvgIpc) is 2.84. The minimum absolute atomic E-state index is 0.00874. The Hall–Kier alpha value is -2.75. The van der Waals surface area contributed by atoms with Gasteiger partial charge in [-0.3, -0.25) is 14.4 Å². The molecule has 1 aromatic rings. The fourth-order valence-electron chi connectivity index (χ4n) is 3.64. The Labute approximate surface area is 226 Å². The predicted octanol–water partition coefficient (Wildman–Crippen LogP) is 3.95. The zero-order valence-electron chi connectivity index (χ0n) is 23.0. The van der Waals surface area contributed by atoms with Crippen LogP contribution in [0.5, 0.6) is 0 Å². The van der Waals surface area contributed by atoms with Crippen LogP contribution in [-0.4, -0.2) is 66.4 Å². The van der Waals surface area contributed by atoms with E-state index in [0.29, 0.717) is 12.0 Å². The normalized spacial score (nSPS) is 12.7. The molecule has 0 saturated carbocycles. The van der Waals surface area contributed by atoms with Gasteiger partial charge in [0, 0.05) is 12.3 Å². The highest BCUT2D eigenvalue weighted by molar-refractivity contribution is 7.80. The molecular weight excluding hydrogens is 494 g/mol. The first-order chi connectivity index (χ1) is 17.4. The van der Waals surface area contributed by atoms with Gasteiger partial charge in [-0.1, -0.05) is 62.4 Å². The fourth-order valence-corrected chi connectivity index (χ4v) is 3.88. The van der Waals surface area contributed by atoms with E-state index in [1.165, 1.54) is 12.0 Å². The van der Waals surface area contributed by atoms with E-state index >= 15 is 0 Å². The molecule has 0 radical (unpaired) electrons. The van der Waals surface area contributed by atoms with Gasteiger partial charge in [0.1, 0.15) is 24.2 Å². The van der Waals surface area contributed by atoms with Gasteiger partial charge >= 0.3 is 12.1 Å². The molecule has 2 unspecified atom stereocenters. The van der Waals surface area contributed by atoms with E-state index < -0.39 is 41.6 Å². The number of amides is 3. The van der Waals surface area contributed by atoms with Gasteiger partial charge in [0.15, 0.2) is 0 Å². The van der Waals surface area contributed by atoms with Crippen LogP contribution in [0.15, 0.2) is 24.3 Å². The lowest BCUT2D eigenvalue weighted by molar-refractivity contribution is -0.144. The predicted molar refractivity (Wildman–Crippen MR) is 146 cm³/mol. The van der Waals surface area contributed by atoms with Crippen molar-refractivity contribution >= 4 is 36.5 Å². The van der Waals surface area contributed by atoms with Crippen molar-refractivity contribution < 1.29 is 28.7 Å². The largest absolute Gasteiger partial charge is 0.468 e. The molecule has 0 aliphatic carbocycles. The molecule has 208 valence electrons. The molecule has 0 spiro atoms. The summed E-state index contributed by atoms with van der Waals surface area (Å²) >= 11 is 4.30. The minimum Gasteiger partial charge on any atom is -0.468 e. The number of benzene rings is 1. The van der Waals surface area contributed by atoms with Crippen molar-refractivity contribution in [2.45, 2.75) is 84.4 Å². The van der Waals surface area contributed by atoms with Gasteiger partial charge in [0.2, 0.25) is 11.8 Å². The smallest absolute Gasteiger partial charge is 0.408 e. The third-order valence-corrected chi connectivity index (χ3v) is 5.91. The maximum Gasteiger partial charge on any atom is 0.408 e. The Morgan fingerprint density at radius 3 is 2.19 bits per heavy atom. The number of carbonyl (C=O) groups excluding carboxylic acids is 4. The standard InChI is InChI=1S/C27H43N3O6S/c1-7-8-9-10-11-16-30(25(33)21(18-37)29-26(34)36-27(3,4)5)23(20-14-12-19(2)13-15-20)24(32)28-17-22(31)35-6/h12-15,21,23,37H,7-11,16-18H2,1-6H3,(H,28,32)(H,29,34). The second-order valence-electron chi connectivity index (χ2n) is 9.93. The molecule has 0 aliphatic rings. The number of unbranched alkanes of at least 4 members (excludes halogenated alkanes) is 4. The Kier molecular flexibility index (Phi) is 14.1. The molecule has 1 rings (SSSR count). The van der Waals surface area contributed by atoms with E-state index in [2.05, 4.69) is 34.9 Å². The molecule has 3 amide bonds. The lowest BCUT2D eigenvalue weighted by Crippen LogP contribution is -2.54. The van der Waals surface area contributed by atoms with Crippen LogP contribution in [0, 0.1) is 6.92 Å². The van der Waals surface area contributed by atoms with Crippen LogP contribution in [0.25, 0.3) is 0 Å². The summed E-state index contributed by atoms with van der Waals surface area (Å²) in [7, 11) is 1.23. The van der Waals surface area contributed by atoms with Crippen molar-refractivity contribution in [1.29, 1.82) is 0 Å².